The van der Waals surface area contributed by atoms with Crippen molar-refractivity contribution in [2.75, 3.05) is 12.4 Å². The number of hydrogen-bond donors (Lipinski definition) is 3. The Morgan fingerprint density at radius 3 is 2.07 bits per heavy atom. The van der Waals surface area contributed by atoms with Crippen LogP contribution in [-0.4, -0.2) is 34.1 Å². The molecule has 154 valence electrons. The number of alkyl halides is 3. The largest absolute Gasteiger partial charge is 0.465 e. The first kappa shape index (κ1) is 23.2. The SMILES string of the molecule is COC(=O)c1ccc(NC(=S)N[C@H](NC(=O)c2ccc(F)cc2)C(Cl)(Cl)Cl)cc1. The van der Waals surface area contributed by atoms with Gasteiger partial charge >= 0.3 is 5.97 Å². The van der Waals surface area contributed by atoms with E-state index < -0.39 is 27.7 Å². The van der Waals surface area contributed by atoms with Gasteiger partial charge in [0, 0.05) is 11.3 Å². The van der Waals surface area contributed by atoms with Crippen LogP contribution in [0.5, 0.6) is 0 Å². The molecule has 0 saturated carbocycles. The van der Waals surface area contributed by atoms with E-state index in [9.17, 15) is 14.0 Å². The first-order valence-electron chi connectivity index (χ1n) is 7.99. The first-order chi connectivity index (χ1) is 13.6. The molecule has 1 amide bonds. The summed E-state index contributed by atoms with van der Waals surface area (Å²) >= 11 is 23.0. The third kappa shape index (κ3) is 7.01. The molecule has 0 fully saturated rings. The van der Waals surface area contributed by atoms with Crippen LogP contribution in [-0.2, 0) is 4.74 Å². The maximum Gasteiger partial charge on any atom is 0.337 e. The van der Waals surface area contributed by atoms with Crippen molar-refractivity contribution in [1.82, 2.24) is 10.6 Å². The molecule has 2 aromatic rings. The molecule has 2 aromatic carbocycles. The van der Waals surface area contributed by atoms with Gasteiger partial charge in [0.25, 0.3) is 5.91 Å². The van der Waals surface area contributed by atoms with Crippen molar-refractivity contribution in [2.45, 2.75) is 9.96 Å². The van der Waals surface area contributed by atoms with Gasteiger partial charge in [-0.1, -0.05) is 34.8 Å². The molecule has 0 aliphatic rings. The smallest absolute Gasteiger partial charge is 0.337 e. The number of carbonyl (C=O) groups is 2. The average Bonchev–Trinajstić information content (AvgIpc) is 2.67. The Kier molecular flexibility index (Phi) is 8.04. The predicted octanol–water partition coefficient (Wildman–Crippen LogP) is 4.03. The van der Waals surface area contributed by atoms with Gasteiger partial charge in [0.15, 0.2) is 5.11 Å². The Bertz CT molecular complexity index is 890. The number of esters is 1. The number of methoxy groups -OCH3 is 1. The monoisotopic (exact) mass is 477 g/mol. The van der Waals surface area contributed by atoms with E-state index in [1.807, 2.05) is 0 Å². The topological polar surface area (TPSA) is 79.5 Å². The Labute approximate surface area is 186 Å². The highest BCUT2D eigenvalue weighted by atomic mass is 35.6. The van der Waals surface area contributed by atoms with Gasteiger partial charge in [0.1, 0.15) is 12.0 Å². The van der Waals surface area contributed by atoms with E-state index in [0.717, 1.165) is 12.1 Å². The molecule has 2 rings (SSSR count). The number of benzene rings is 2. The zero-order chi connectivity index (χ0) is 21.6. The molecular formula is C18H15Cl3FN3O3S. The number of hydrogen-bond acceptors (Lipinski definition) is 4. The minimum absolute atomic E-state index is 0.0477. The number of halogens is 4. The van der Waals surface area contributed by atoms with E-state index in [1.165, 1.54) is 19.2 Å². The molecule has 0 radical (unpaired) electrons. The number of nitrogens with one attached hydrogen (secondary N) is 3. The second-order valence-electron chi connectivity index (χ2n) is 5.62. The molecule has 0 unspecified atom stereocenters. The van der Waals surface area contributed by atoms with Crippen LogP contribution in [0.3, 0.4) is 0 Å². The van der Waals surface area contributed by atoms with Crippen molar-refractivity contribution in [3.05, 3.63) is 65.5 Å². The lowest BCUT2D eigenvalue weighted by Gasteiger charge is -2.27. The normalized spacial score (nSPS) is 11.9. The number of carbonyl (C=O) groups excluding carboxylic acids is 2. The van der Waals surface area contributed by atoms with Crippen LogP contribution in [0.2, 0.25) is 0 Å². The van der Waals surface area contributed by atoms with Crippen LogP contribution in [0.4, 0.5) is 10.1 Å². The summed E-state index contributed by atoms with van der Waals surface area (Å²) in [6.45, 7) is 0. The lowest BCUT2D eigenvalue weighted by atomic mass is 10.2. The number of thiocarbonyl (C=S) groups is 1. The van der Waals surface area contributed by atoms with Gasteiger partial charge in [-0.3, -0.25) is 4.79 Å². The molecule has 0 heterocycles. The highest BCUT2D eigenvalue weighted by Gasteiger charge is 2.34. The summed E-state index contributed by atoms with van der Waals surface area (Å²) in [5.41, 5.74) is 1.08. The summed E-state index contributed by atoms with van der Waals surface area (Å²) in [7, 11) is 1.28. The summed E-state index contributed by atoms with van der Waals surface area (Å²) in [5.74, 6) is -1.56. The molecular weight excluding hydrogens is 464 g/mol. The summed E-state index contributed by atoms with van der Waals surface area (Å²) in [5, 5.41) is 8.07. The number of anilines is 1. The van der Waals surface area contributed by atoms with Gasteiger partial charge < -0.3 is 20.7 Å². The van der Waals surface area contributed by atoms with Gasteiger partial charge in [0.2, 0.25) is 3.79 Å². The van der Waals surface area contributed by atoms with E-state index in [1.54, 1.807) is 24.3 Å². The van der Waals surface area contributed by atoms with Crippen LogP contribution in [0, 0.1) is 5.82 Å². The Morgan fingerprint density at radius 2 is 1.55 bits per heavy atom. The summed E-state index contributed by atoms with van der Waals surface area (Å²) in [6, 6.07) is 11.1. The van der Waals surface area contributed by atoms with Gasteiger partial charge in [-0.15, -0.1) is 0 Å². The third-order valence-corrected chi connectivity index (χ3v) is 4.42. The van der Waals surface area contributed by atoms with Crippen molar-refractivity contribution < 1.29 is 18.7 Å². The molecule has 0 saturated heterocycles. The Hall–Kier alpha value is -2.13. The van der Waals surface area contributed by atoms with Gasteiger partial charge in [-0.05, 0) is 60.7 Å². The van der Waals surface area contributed by atoms with Crippen LogP contribution >= 0.6 is 47.0 Å². The van der Waals surface area contributed by atoms with Crippen molar-refractivity contribution in [1.29, 1.82) is 0 Å². The zero-order valence-corrected chi connectivity index (χ0v) is 17.9. The quantitative estimate of drug-likeness (QED) is 0.261. The van der Waals surface area contributed by atoms with E-state index in [-0.39, 0.29) is 10.7 Å². The van der Waals surface area contributed by atoms with Crippen LogP contribution in [0.1, 0.15) is 20.7 Å². The minimum Gasteiger partial charge on any atom is -0.465 e. The fourth-order valence-electron chi connectivity index (χ4n) is 2.12. The van der Waals surface area contributed by atoms with Crippen molar-refractivity contribution in [3.8, 4) is 0 Å². The van der Waals surface area contributed by atoms with Gasteiger partial charge in [-0.2, -0.15) is 0 Å². The van der Waals surface area contributed by atoms with Crippen LogP contribution in [0.25, 0.3) is 0 Å². The number of amides is 1. The second-order valence-corrected chi connectivity index (χ2v) is 8.40. The lowest BCUT2D eigenvalue weighted by molar-refractivity contribution is 0.0600. The number of ether oxygens (including phenoxy) is 1. The summed E-state index contributed by atoms with van der Waals surface area (Å²) < 4.78 is 15.7. The predicted molar refractivity (Wildman–Crippen MR) is 115 cm³/mol. The molecule has 0 spiro atoms. The molecule has 11 heteroatoms. The lowest BCUT2D eigenvalue weighted by Crippen LogP contribution is -2.56. The van der Waals surface area contributed by atoms with Crippen molar-refractivity contribution in [2.24, 2.45) is 0 Å². The van der Waals surface area contributed by atoms with Crippen LogP contribution in [0.15, 0.2) is 48.5 Å². The van der Waals surface area contributed by atoms with E-state index >= 15 is 0 Å². The maximum atomic E-state index is 13.0. The molecule has 3 N–H and O–H groups in total. The maximum absolute atomic E-state index is 13.0. The molecule has 0 aliphatic heterocycles. The van der Waals surface area contributed by atoms with E-state index in [0.29, 0.717) is 11.3 Å². The standard InChI is InChI=1S/C18H15Cl3FN3O3S/c1-28-15(27)11-4-8-13(9-5-11)23-17(29)25-16(18(19,20)21)24-14(26)10-2-6-12(22)7-3-10/h2-9,16H,1H3,(H,24,26)(H2,23,25,29)/t16-/m0/s1. The van der Waals surface area contributed by atoms with E-state index in [4.69, 9.17) is 47.0 Å². The molecule has 0 aliphatic carbocycles. The van der Waals surface area contributed by atoms with E-state index in [2.05, 4.69) is 20.7 Å². The fourth-order valence-corrected chi connectivity index (χ4v) is 2.68. The summed E-state index contributed by atoms with van der Waals surface area (Å²) in [4.78, 5) is 23.8. The molecule has 1 atom stereocenters. The zero-order valence-electron chi connectivity index (χ0n) is 14.8. The second kappa shape index (κ2) is 10.1. The van der Waals surface area contributed by atoms with Crippen molar-refractivity contribution >= 4 is 69.7 Å². The van der Waals surface area contributed by atoms with Crippen LogP contribution < -0.4 is 16.0 Å². The Balaban J connectivity index is 2.04. The summed E-state index contributed by atoms with van der Waals surface area (Å²) in [6.07, 6.45) is -1.20. The first-order valence-corrected chi connectivity index (χ1v) is 9.53. The molecule has 0 bridgehead atoms. The van der Waals surface area contributed by atoms with Gasteiger partial charge in [0.05, 0.1) is 12.7 Å². The Morgan fingerprint density at radius 1 is 1.00 bits per heavy atom. The molecule has 29 heavy (non-hydrogen) atoms. The molecule has 0 aromatic heterocycles. The third-order valence-electron chi connectivity index (χ3n) is 3.55. The number of rotatable bonds is 5. The highest BCUT2D eigenvalue weighted by molar-refractivity contribution is 7.80. The molecule has 6 nitrogen and oxygen atoms in total. The fraction of sp³-hybridized carbons (Fsp3) is 0.167. The van der Waals surface area contributed by atoms with Crippen molar-refractivity contribution in [3.63, 3.8) is 0 Å². The highest BCUT2D eigenvalue weighted by Crippen LogP contribution is 2.29. The van der Waals surface area contributed by atoms with Gasteiger partial charge in [-0.25, -0.2) is 9.18 Å². The minimum atomic E-state index is -1.95. The average molecular weight is 479 g/mol.